The molecule has 16 aromatic rings. The average molecular weight is 936 g/mol. The lowest BCUT2D eigenvalue weighted by Crippen LogP contribution is -2.04. The van der Waals surface area contributed by atoms with Crippen LogP contribution in [-0.4, -0.2) is 24.1 Å². The average Bonchev–Trinajstić information content (AvgIpc) is 4.19. The van der Waals surface area contributed by atoms with Crippen molar-refractivity contribution >= 4 is 119 Å². The van der Waals surface area contributed by atoms with Crippen molar-refractivity contribution in [3.05, 3.63) is 224 Å². The summed E-state index contributed by atoms with van der Waals surface area (Å²) in [5.74, 6) is 1.76. The van der Waals surface area contributed by atoms with Gasteiger partial charge in [0.05, 0.1) is 27.8 Å². The van der Waals surface area contributed by atoms with Gasteiger partial charge in [0, 0.05) is 80.9 Å². The predicted molar refractivity (Wildman–Crippen MR) is 300 cm³/mol. The standard InChI is InChI=1S/C65H37N5OS/c1-2-17-43(18-3-1)69-53-23-11-8-20-45(53)49-33-41(27-30-55(49)69)63-66-64(42-26-29-48-47-22-10-13-25-60(47)72-61(48)35-42)68-65(67-63)51-36-52-59(71-58-31-28-38-14-6-7-19-44(38)62(52)58)37-57(51)70-54-24-12-9-21-46(54)50-32-39-15-4-5-16-40(39)34-56(50)70/h1-37H. The van der Waals surface area contributed by atoms with E-state index in [2.05, 4.69) is 234 Å². The van der Waals surface area contributed by atoms with Crippen LogP contribution in [0, 0.1) is 0 Å². The van der Waals surface area contributed by atoms with E-state index in [0.717, 1.165) is 104 Å². The van der Waals surface area contributed by atoms with Gasteiger partial charge in [-0.3, -0.25) is 0 Å². The van der Waals surface area contributed by atoms with Crippen molar-refractivity contribution in [1.29, 1.82) is 0 Å². The summed E-state index contributed by atoms with van der Waals surface area (Å²) in [6.07, 6.45) is 0. The van der Waals surface area contributed by atoms with Crippen LogP contribution in [0.25, 0.3) is 153 Å². The summed E-state index contributed by atoms with van der Waals surface area (Å²) in [5, 5.41) is 13.8. The van der Waals surface area contributed by atoms with E-state index in [1.807, 2.05) is 0 Å². The van der Waals surface area contributed by atoms with Gasteiger partial charge < -0.3 is 13.6 Å². The first kappa shape index (κ1) is 39.4. The fraction of sp³-hybridized carbons (Fsp3) is 0. The highest BCUT2D eigenvalue weighted by atomic mass is 32.1. The summed E-state index contributed by atoms with van der Waals surface area (Å²) in [4.78, 5) is 16.6. The van der Waals surface area contributed by atoms with Gasteiger partial charge in [-0.05, 0) is 100 Å². The molecule has 0 saturated carbocycles. The molecule has 0 unspecified atom stereocenters. The van der Waals surface area contributed by atoms with E-state index in [4.69, 9.17) is 19.4 Å². The van der Waals surface area contributed by atoms with Crippen molar-refractivity contribution < 1.29 is 4.42 Å². The second-order valence-electron chi connectivity index (χ2n) is 18.7. The van der Waals surface area contributed by atoms with Gasteiger partial charge in [-0.2, -0.15) is 0 Å². The van der Waals surface area contributed by atoms with Crippen molar-refractivity contribution in [3.8, 4) is 45.5 Å². The van der Waals surface area contributed by atoms with Crippen molar-refractivity contribution in [3.63, 3.8) is 0 Å². The number of hydrogen-bond acceptors (Lipinski definition) is 5. The third-order valence-electron chi connectivity index (χ3n) is 14.7. The first-order valence-corrected chi connectivity index (χ1v) is 25.1. The Labute approximate surface area is 414 Å². The number of fused-ring (bicyclic) bond motifs is 15. The normalized spacial score (nSPS) is 12.2. The summed E-state index contributed by atoms with van der Waals surface area (Å²) in [7, 11) is 0. The molecule has 11 aromatic carbocycles. The van der Waals surface area contributed by atoms with Crippen LogP contribution in [0.4, 0.5) is 0 Å². The zero-order valence-corrected chi connectivity index (χ0v) is 39.2. The zero-order chi connectivity index (χ0) is 47.0. The molecule has 16 rings (SSSR count). The zero-order valence-electron chi connectivity index (χ0n) is 38.4. The molecule has 6 nitrogen and oxygen atoms in total. The van der Waals surface area contributed by atoms with Crippen LogP contribution in [0.1, 0.15) is 0 Å². The summed E-state index contributed by atoms with van der Waals surface area (Å²) in [6.45, 7) is 0. The predicted octanol–water partition coefficient (Wildman–Crippen LogP) is 17.6. The van der Waals surface area contributed by atoms with E-state index in [0.29, 0.717) is 17.5 Å². The largest absolute Gasteiger partial charge is 0.456 e. The van der Waals surface area contributed by atoms with Gasteiger partial charge in [-0.15, -0.1) is 11.3 Å². The number of rotatable bonds is 5. The summed E-state index contributed by atoms with van der Waals surface area (Å²) in [5.41, 5.74) is 10.7. The SMILES string of the molecule is c1ccc(-n2c3ccccc3c3cc(-c4nc(-c5ccc6c(c5)sc5ccccc56)nc(-c5cc6c(cc5-n5c7ccccc7c7cc8ccccc8cc75)oc5ccc7ccccc7c56)n4)ccc32)cc1. The monoisotopic (exact) mass is 935 g/mol. The van der Waals surface area contributed by atoms with Gasteiger partial charge in [0.15, 0.2) is 17.5 Å². The van der Waals surface area contributed by atoms with Gasteiger partial charge in [-0.25, -0.2) is 15.0 Å². The number of para-hydroxylation sites is 3. The number of aromatic nitrogens is 5. The van der Waals surface area contributed by atoms with E-state index in [9.17, 15) is 0 Å². The summed E-state index contributed by atoms with van der Waals surface area (Å²) in [6, 6.07) is 80.3. The number of thiophene rings is 1. The Bertz CT molecular complexity index is 4940. The first-order chi connectivity index (χ1) is 35.7. The minimum Gasteiger partial charge on any atom is -0.456 e. The van der Waals surface area contributed by atoms with E-state index >= 15 is 0 Å². The maximum Gasteiger partial charge on any atom is 0.166 e. The third kappa shape index (κ3) is 5.80. The maximum atomic E-state index is 6.88. The smallest absolute Gasteiger partial charge is 0.166 e. The second-order valence-corrected chi connectivity index (χ2v) is 19.8. The third-order valence-corrected chi connectivity index (χ3v) is 15.9. The van der Waals surface area contributed by atoms with Gasteiger partial charge in [0.25, 0.3) is 0 Å². The molecule has 72 heavy (non-hydrogen) atoms. The lowest BCUT2D eigenvalue weighted by Gasteiger charge is -2.15. The molecule has 7 heteroatoms. The van der Waals surface area contributed by atoms with E-state index in [1.54, 1.807) is 11.3 Å². The van der Waals surface area contributed by atoms with Crippen LogP contribution >= 0.6 is 11.3 Å². The molecule has 0 atom stereocenters. The molecule has 5 aromatic heterocycles. The molecular formula is C65H37N5OS. The van der Waals surface area contributed by atoms with E-state index in [-0.39, 0.29) is 0 Å². The molecule has 0 bridgehead atoms. The van der Waals surface area contributed by atoms with Gasteiger partial charge in [0.2, 0.25) is 0 Å². The fourth-order valence-electron chi connectivity index (χ4n) is 11.4. The molecule has 0 saturated heterocycles. The lowest BCUT2D eigenvalue weighted by atomic mass is 10.0. The molecule has 0 radical (unpaired) electrons. The highest BCUT2D eigenvalue weighted by Crippen LogP contribution is 2.44. The molecule has 0 aliphatic carbocycles. The van der Waals surface area contributed by atoms with Crippen molar-refractivity contribution in [2.75, 3.05) is 0 Å². The van der Waals surface area contributed by atoms with Crippen LogP contribution in [0.3, 0.4) is 0 Å². The molecule has 0 fully saturated rings. The Morgan fingerprint density at radius 2 is 0.931 bits per heavy atom. The number of benzene rings is 11. The van der Waals surface area contributed by atoms with Gasteiger partial charge in [-0.1, -0.05) is 140 Å². The van der Waals surface area contributed by atoms with Crippen LogP contribution in [0.5, 0.6) is 0 Å². The van der Waals surface area contributed by atoms with Gasteiger partial charge in [0.1, 0.15) is 11.2 Å². The summed E-state index contributed by atoms with van der Waals surface area (Å²) >= 11 is 1.80. The quantitative estimate of drug-likeness (QED) is 0.172. The molecule has 0 spiro atoms. The maximum absolute atomic E-state index is 6.88. The molecule has 334 valence electrons. The Morgan fingerprint density at radius 1 is 0.333 bits per heavy atom. The fourth-order valence-corrected chi connectivity index (χ4v) is 12.6. The molecule has 0 aliphatic heterocycles. The number of nitrogens with zero attached hydrogens (tertiary/aromatic N) is 5. The Morgan fingerprint density at radius 3 is 1.74 bits per heavy atom. The van der Waals surface area contributed by atoms with E-state index in [1.165, 1.54) is 30.9 Å². The molecule has 0 aliphatic rings. The highest BCUT2D eigenvalue weighted by molar-refractivity contribution is 7.25. The molecule has 0 amide bonds. The molecule has 5 heterocycles. The second kappa shape index (κ2) is 15.0. The minimum atomic E-state index is 0.566. The molecular weight excluding hydrogens is 899 g/mol. The van der Waals surface area contributed by atoms with Gasteiger partial charge >= 0.3 is 0 Å². The Balaban J connectivity index is 1.02. The van der Waals surface area contributed by atoms with Crippen molar-refractivity contribution in [2.24, 2.45) is 0 Å². The number of hydrogen-bond donors (Lipinski definition) is 0. The first-order valence-electron chi connectivity index (χ1n) is 24.2. The highest BCUT2D eigenvalue weighted by Gasteiger charge is 2.24. The van der Waals surface area contributed by atoms with Crippen molar-refractivity contribution in [1.82, 2.24) is 24.1 Å². The van der Waals surface area contributed by atoms with Crippen LogP contribution in [0.2, 0.25) is 0 Å². The van der Waals surface area contributed by atoms with Crippen LogP contribution < -0.4 is 0 Å². The van der Waals surface area contributed by atoms with Crippen LogP contribution in [-0.2, 0) is 0 Å². The minimum absolute atomic E-state index is 0.566. The van der Waals surface area contributed by atoms with Crippen molar-refractivity contribution in [2.45, 2.75) is 0 Å². The lowest BCUT2D eigenvalue weighted by molar-refractivity contribution is 0.669. The summed E-state index contributed by atoms with van der Waals surface area (Å²) < 4.78 is 14.0. The Hall–Kier alpha value is -9.43. The molecule has 0 N–H and O–H groups in total. The topological polar surface area (TPSA) is 61.7 Å². The number of furan rings is 1. The van der Waals surface area contributed by atoms with Crippen LogP contribution in [0.15, 0.2) is 229 Å². The Kier molecular flexibility index (Phi) is 8.23. The van der Waals surface area contributed by atoms with E-state index < -0.39 is 0 Å².